The van der Waals surface area contributed by atoms with E-state index in [9.17, 15) is 9.90 Å². The number of hydrogen-bond acceptors (Lipinski definition) is 2. The summed E-state index contributed by atoms with van der Waals surface area (Å²) in [5.74, 6) is 0.00950. The van der Waals surface area contributed by atoms with Crippen LogP contribution in [-0.4, -0.2) is 10.9 Å². The molecular weight excluding hydrogens is 200 g/mol. The van der Waals surface area contributed by atoms with Gasteiger partial charge in [-0.25, -0.2) is 0 Å². The number of rotatable bonds is 6. The molecule has 1 N–H and O–H groups in total. The standard InChI is InChI=1S/C14H16O2/c1-2-7-13(15)10-6-11-14(16)12-8-4-3-5-9-12/h2-6,8-10,14,16H,1,7,11H2/b10-6+. The first-order valence-corrected chi connectivity index (χ1v) is 5.27. The van der Waals surface area contributed by atoms with Crippen LogP contribution in [0.2, 0.25) is 0 Å². The van der Waals surface area contributed by atoms with Crippen LogP contribution in [0.15, 0.2) is 55.1 Å². The van der Waals surface area contributed by atoms with Crippen LogP contribution in [0.1, 0.15) is 24.5 Å². The lowest BCUT2D eigenvalue weighted by molar-refractivity contribution is -0.113. The Hall–Kier alpha value is -1.67. The molecule has 1 aromatic carbocycles. The second-order valence-corrected chi connectivity index (χ2v) is 3.52. The molecule has 1 aromatic rings. The molecule has 0 heterocycles. The summed E-state index contributed by atoms with van der Waals surface area (Å²) in [6, 6.07) is 9.39. The molecule has 0 amide bonds. The zero-order valence-corrected chi connectivity index (χ0v) is 9.17. The Morgan fingerprint density at radius 3 is 2.69 bits per heavy atom. The van der Waals surface area contributed by atoms with E-state index in [1.807, 2.05) is 30.3 Å². The van der Waals surface area contributed by atoms with Crippen LogP contribution in [0.25, 0.3) is 0 Å². The van der Waals surface area contributed by atoms with Gasteiger partial charge in [-0.3, -0.25) is 4.79 Å². The minimum atomic E-state index is -0.547. The first-order chi connectivity index (χ1) is 7.74. The number of benzene rings is 1. The Balaban J connectivity index is 2.44. The normalized spacial score (nSPS) is 12.6. The van der Waals surface area contributed by atoms with Gasteiger partial charge in [-0.15, -0.1) is 6.58 Å². The highest BCUT2D eigenvalue weighted by Gasteiger charge is 2.03. The van der Waals surface area contributed by atoms with Crippen molar-refractivity contribution in [1.82, 2.24) is 0 Å². The molecule has 16 heavy (non-hydrogen) atoms. The lowest BCUT2D eigenvalue weighted by Gasteiger charge is -2.07. The van der Waals surface area contributed by atoms with Crippen LogP contribution in [0.5, 0.6) is 0 Å². The highest BCUT2D eigenvalue weighted by Crippen LogP contribution is 2.16. The summed E-state index contributed by atoms with van der Waals surface area (Å²) < 4.78 is 0. The van der Waals surface area contributed by atoms with Crippen LogP contribution < -0.4 is 0 Å². The summed E-state index contributed by atoms with van der Waals surface area (Å²) in [4.78, 5) is 11.1. The number of ketones is 1. The summed E-state index contributed by atoms with van der Waals surface area (Å²) in [5.41, 5.74) is 0.864. The summed E-state index contributed by atoms with van der Waals surface area (Å²) in [6.45, 7) is 3.49. The molecule has 0 aliphatic rings. The molecule has 0 bridgehead atoms. The van der Waals surface area contributed by atoms with E-state index < -0.39 is 6.10 Å². The van der Waals surface area contributed by atoms with Crippen LogP contribution >= 0.6 is 0 Å². The van der Waals surface area contributed by atoms with Crippen molar-refractivity contribution in [1.29, 1.82) is 0 Å². The molecule has 84 valence electrons. The Morgan fingerprint density at radius 1 is 1.38 bits per heavy atom. The van der Waals surface area contributed by atoms with E-state index in [1.54, 1.807) is 12.2 Å². The second-order valence-electron chi connectivity index (χ2n) is 3.52. The number of allylic oxidation sites excluding steroid dienone is 2. The molecule has 0 saturated carbocycles. The fraction of sp³-hybridized carbons (Fsp3) is 0.214. The van der Waals surface area contributed by atoms with Crippen LogP contribution in [-0.2, 0) is 4.79 Å². The predicted octanol–water partition coefficient (Wildman–Crippen LogP) is 2.81. The number of aliphatic hydroxyl groups excluding tert-OH is 1. The Bertz CT molecular complexity index is 366. The van der Waals surface area contributed by atoms with Crippen molar-refractivity contribution in [3.63, 3.8) is 0 Å². The Kier molecular flexibility index (Phi) is 5.23. The molecule has 0 saturated heterocycles. The van der Waals surface area contributed by atoms with E-state index in [4.69, 9.17) is 0 Å². The molecule has 1 rings (SSSR count). The van der Waals surface area contributed by atoms with Gasteiger partial charge in [0.1, 0.15) is 0 Å². The van der Waals surface area contributed by atoms with Gasteiger partial charge in [0.05, 0.1) is 6.10 Å². The van der Waals surface area contributed by atoms with Crippen LogP contribution in [0.4, 0.5) is 0 Å². The fourth-order valence-corrected chi connectivity index (χ4v) is 1.35. The van der Waals surface area contributed by atoms with Crippen molar-refractivity contribution in [2.75, 3.05) is 0 Å². The molecule has 0 spiro atoms. The monoisotopic (exact) mass is 216 g/mol. The number of carbonyl (C=O) groups is 1. The summed E-state index contributed by atoms with van der Waals surface area (Å²) >= 11 is 0. The van der Waals surface area contributed by atoms with Crippen molar-refractivity contribution in [2.45, 2.75) is 18.9 Å². The van der Waals surface area contributed by atoms with Gasteiger partial charge >= 0.3 is 0 Å². The Labute approximate surface area is 95.9 Å². The third kappa shape index (κ3) is 4.24. The van der Waals surface area contributed by atoms with Gasteiger partial charge in [-0.05, 0) is 18.1 Å². The maximum Gasteiger partial charge on any atom is 0.159 e. The zero-order chi connectivity index (χ0) is 11.8. The van der Waals surface area contributed by atoms with Gasteiger partial charge in [0.25, 0.3) is 0 Å². The maximum absolute atomic E-state index is 11.1. The van der Waals surface area contributed by atoms with E-state index in [0.29, 0.717) is 12.8 Å². The highest BCUT2D eigenvalue weighted by molar-refractivity contribution is 5.90. The van der Waals surface area contributed by atoms with E-state index in [2.05, 4.69) is 6.58 Å². The minimum absolute atomic E-state index is 0.00950. The molecule has 0 radical (unpaired) electrons. The van der Waals surface area contributed by atoms with E-state index >= 15 is 0 Å². The molecule has 2 heteroatoms. The van der Waals surface area contributed by atoms with Crippen molar-refractivity contribution >= 4 is 5.78 Å². The van der Waals surface area contributed by atoms with Crippen molar-refractivity contribution in [3.8, 4) is 0 Å². The largest absolute Gasteiger partial charge is 0.388 e. The summed E-state index contributed by atoms with van der Waals surface area (Å²) in [6.07, 6.45) is 5.01. The van der Waals surface area contributed by atoms with Crippen LogP contribution in [0, 0.1) is 0 Å². The van der Waals surface area contributed by atoms with Crippen molar-refractivity contribution in [3.05, 3.63) is 60.7 Å². The van der Waals surface area contributed by atoms with Gasteiger partial charge in [0, 0.05) is 6.42 Å². The average molecular weight is 216 g/mol. The predicted molar refractivity (Wildman–Crippen MR) is 65.0 cm³/mol. The smallest absolute Gasteiger partial charge is 0.159 e. The van der Waals surface area contributed by atoms with E-state index in [0.717, 1.165) is 5.56 Å². The molecule has 2 nitrogen and oxygen atoms in total. The van der Waals surface area contributed by atoms with Crippen LogP contribution in [0.3, 0.4) is 0 Å². The fourth-order valence-electron chi connectivity index (χ4n) is 1.35. The molecule has 1 unspecified atom stereocenters. The zero-order valence-electron chi connectivity index (χ0n) is 9.17. The minimum Gasteiger partial charge on any atom is -0.388 e. The van der Waals surface area contributed by atoms with E-state index in [-0.39, 0.29) is 5.78 Å². The van der Waals surface area contributed by atoms with Gasteiger partial charge < -0.3 is 5.11 Å². The van der Waals surface area contributed by atoms with Crippen molar-refractivity contribution < 1.29 is 9.90 Å². The van der Waals surface area contributed by atoms with Gasteiger partial charge in [0.15, 0.2) is 5.78 Å². The number of aliphatic hydroxyl groups is 1. The Morgan fingerprint density at radius 2 is 2.06 bits per heavy atom. The third-order valence-corrected chi connectivity index (χ3v) is 2.19. The first kappa shape index (κ1) is 12.4. The van der Waals surface area contributed by atoms with Crippen molar-refractivity contribution in [2.24, 2.45) is 0 Å². The molecule has 1 atom stereocenters. The lowest BCUT2D eigenvalue weighted by atomic mass is 10.1. The van der Waals surface area contributed by atoms with Gasteiger partial charge in [0.2, 0.25) is 0 Å². The number of hydrogen-bond donors (Lipinski definition) is 1. The number of carbonyl (C=O) groups excluding carboxylic acids is 1. The second kappa shape index (κ2) is 6.75. The van der Waals surface area contributed by atoms with Gasteiger partial charge in [-0.1, -0.05) is 42.5 Å². The van der Waals surface area contributed by atoms with Gasteiger partial charge in [-0.2, -0.15) is 0 Å². The summed E-state index contributed by atoms with van der Waals surface area (Å²) in [7, 11) is 0. The SMILES string of the molecule is C=CCC(=O)/C=C/CC(O)c1ccccc1. The maximum atomic E-state index is 11.1. The third-order valence-electron chi connectivity index (χ3n) is 2.19. The molecule has 0 aliphatic heterocycles. The molecule has 0 aliphatic carbocycles. The molecular formula is C14H16O2. The average Bonchev–Trinajstić information content (AvgIpc) is 2.30. The molecule has 0 fully saturated rings. The highest BCUT2D eigenvalue weighted by atomic mass is 16.3. The topological polar surface area (TPSA) is 37.3 Å². The summed E-state index contributed by atoms with van der Waals surface area (Å²) in [5, 5.41) is 9.78. The molecule has 0 aromatic heterocycles. The lowest BCUT2D eigenvalue weighted by Crippen LogP contribution is -1.95. The first-order valence-electron chi connectivity index (χ1n) is 5.27. The van der Waals surface area contributed by atoms with E-state index in [1.165, 1.54) is 6.08 Å². The quantitative estimate of drug-likeness (QED) is 0.586.